The van der Waals surface area contributed by atoms with E-state index in [2.05, 4.69) is 10.1 Å². The average Bonchev–Trinajstić information content (AvgIpc) is 3.17. The molecule has 1 aliphatic heterocycles. The molecular formula is C23H24F2N2O5. The van der Waals surface area contributed by atoms with E-state index >= 15 is 0 Å². The standard InChI is InChI=1S/C23H24F2N2O5/c24-23(25)32-19-8-6-16(7-9-19)10-11-26-20(28)15-31-22(30)18-4-1-3-17(13-18)14-27-12-2-5-21(27)29/h1,3-4,6-9,13,23H,2,5,10-12,14-15H2,(H,26,28). The van der Waals surface area contributed by atoms with Gasteiger partial charge in [0.15, 0.2) is 6.61 Å². The summed E-state index contributed by atoms with van der Waals surface area (Å²) in [6.07, 6.45) is 1.87. The largest absolute Gasteiger partial charge is 0.452 e. The zero-order valence-corrected chi connectivity index (χ0v) is 17.4. The lowest BCUT2D eigenvalue weighted by molar-refractivity contribution is -0.128. The van der Waals surface area contributed by atoms with Gasteiger partial charge in [0.25, 0.3) is 5.91 Å². The Morgan fingerprint density at radius 1 is 1.09 bits per heavy atom. The molecule has 170 valence electrons. The number of amides is 2. The van der Waals surface area contributed by atoms with Crippen LogP contribution in [0.4, 0.5) is 8.78 Å². The molecule has 0 aliphatic carbocycles. The Labute approximate surface area is 184 Å². The molecule has 0 atom stereocenters. The normalized spacial score (nSPS) is 13.3. The number of carbonyl (C=O) groups is 3. The fourth-order valence-electron chi connectivity index (χ4n) is 3.34. The number of carbonyl (C=O) groups excluding carboxylic acids is 3. The molecule has 0 spiro atoms. The van der Waals surface area contributed by atoms with Gasteiger partial charge in [0, 0.05) is 26.1 Å². The number of alkyl halides is 2. The van der Waals surface area contributed by atoms with Crippen LogP contribution in [0, 0.1) is 0 Å². The van der Waals surface area contributed by atoms with E-state index in [0.29, 0.717) is 38.0 Å². The van der Waals surface area contributed by atoms with Gasteiger partial charge in [-0.2, -0.15) is 8.78 Å². The number of halogens is 2. The highest BCUT2D eigenvalue weighted by Gasteiger charge is 2.20. The summed E-state index contributed by atoms with van der Waals surface area (Å²) in [7, 11) is 0. The van der Waals surface area contributed by atoms with Crippen molar-refractivity contribution in [2.45, 2.75) is 32.4 Å². The number of nitrogens with one attached hydrogen (secondary N) is 1. The van der Waals surface area contributed by atoms with Crippen molar-refractivity contribution in [1.29, 1.82) is 0 Å². The Bertz CT molecular complexity index is 950. The number of esters is 1. The summed E-state index contributed by atoms with van der Waals surface area (Å²) in [5.41, 5.74) is 1.97. The molecule has 0 saturated carbocycles. The van der Waals surface area contributed by atoms with Crippen LogP contribution in [0.25, 0.3) is 0 Å². The third-order valence-corrected chi connectivity index (χ3v) is 4.93. The van der Waals surface area contributed by atoms with Crippen LogP contribution in [-0.4, -0.2) is 49.0 Å². The van der Waals surface area contributed by atoms with Crippen LogP contribution < -0.4 is 10.1 Å². The summed E-state index contributed by atoms with van der Waals surface area (Å²) in [6, 6.07) is 12.9. The number of ether oxygens (including phenoxy) is 2. The second kappa shape index (κ2) is 11.2. The first-order valence-corrected chi connectivity index (χ1v) is 10.2. The smallest absolute Gasteiger partial charge is 0.387 e. The molecule has 2 aromatic rings. The molecule has 0 unspecified atom stereocenters. The monoisotopic (exact) mass is 446 g/mol. The van der Waals surface area contributed by atoms with Crippen molar-refractivity contribution in [3.05, 3.63) is 65.2 Å². The number of hydrogen-bond donors (Lipinski definition) is 1. The lowest BCUT2D eigenvalue weighted by Gasteiger charge is -2.15. The quantitative estimate of drug-likeness (QED) is 0.568. The highest BCUT2D eigenvalue weighted by Crippen LogP contribution is 2.16. The van der Waals surface area contributed by atoms with Crippen LogP contribution in [0.15, 0.2) is 48.5 Å². The second-order valence-corrected chi connectivity index (χ2v) is 7.32. The fourth-order valence-corrected chi connectivity index (χ4v) is 3.34. The minimum Gasteiger partial charge on any atom is -0.452 e. The maximum absolute atomic E-state index is 12.3. The van der Waals surface area contributed by atoms with Crippen LogP contribution in [-0.2, 0) is 27.3 Å². The SMILES string of the molecule is O=C(COC(=O)c1cccc(CN2CCCC2=O)c1)NCCc1ccc(OC(F)F)cc1. The fraction of sp³-hybridized carbons (Fsp3) is 0.348. The lowest BCUT2D eigenvalue weighted by atomic mass is 10.1. The van der Waals surface area contributed by atoms with Gasteiger partial charge in [0.05, 0.1) is 5.56 Å². The predicted molar refractivity (Wildman–Crippen MR) is 111 cm³/mol. The van der Waals surface area contributed by atoms with E-state index in [9.17, 15) is 23.2 Å². The van der Waals surface area contributed by atoms with Crippen molar-refractivity contribution in [3.63, 3.8) is 0 Å². The molecule has 0 aromatic heterocycles. The van der Waals surface area contributed by atoms with Crippen LogP contribution in [0.1, 0.15) is 34.3 Å². The van der Waals surface area contributed by atoms with E-state index in [-0.39, 0.29) is 11.7 Å². The highest BCUT2D eigenvalue weighted by molar-refractivity contribution is 5.91. The third kappa shape index (κ3) is 7.04. The van der Waals surface area contributed by atoms with Crippen molar-refractivity contribution in [2.24, 2.45) is 0 Å². The van der Waals surface area contributed by atoms with Crippen LogP contribution in [0.5, 0.6) is 5.75 Å². The molecule has 1 saturated heterocycles. The first-order chi connectivity index (χ1) is 15.4. The molecule has 32 heavy (non-hydrogen) atoms. The van der Waals surface area contributed by atoms with Crippen LogP contribution in [0.2, 0.25) is 0 Å². The molecule has 1 N–H and O–H groups in total. The van der Waals surface area contributed by atoms with Gasteiger partial charge < -0.3 is 19.7 Å². The van der Waals surface area contributed by atoms with Crippen molar-refractivity contribution >= 4 is 17.8 Å². The van der Waals surface area contributed by atoms with Crippen LogP contribution in [0.3, 0.4) is 0 Å². The summed E-state index contributed by atoms with van der Waals surface area (Å²) >= 11 is 0. The summed E-state index contributed by atoms with van der Waals surface area (Å²) in [6.45, 7) is -1.85. The van der Waals surface area contributed by atoms with E-state index in [1.807, 2.05) is 6.07 Å². The minimum atomic E-state index is -2.88. The second-order valence-electron chi connectivity index (χ2n) is 7.32. The van der Waals surface area contributed by atoms with Gasteiger partial charge in [-0.25, -0.2) is 4.79 Å². The average molecular weight is 446 g/mol. The van der Waals surface area contributed by atoms with Crippen molar-refractivity contribution in [3.8, 4) is 5.75 Å². The van der Waals surface area contributed by atoms with E-state index < -0.39 is 25.1 Å². The Balaban J connectivity index is 1.39. The Hall–Kier alpha value is -3.49. The molecule has 1 fully saturated rings. The Morgan fingerprint density at radius 3 is 2.56 bits per heavy atom. The van der Waals surface area contributed by atoms with E-state index in [1.54, 1.807) is 35.2 Å². The third-order valence-electron chi connectivity index (χ3n) is 4.93. The zero-order chi connectivity index (χ0) is 22.9. The summed E-state index contributed by atoms with van der Waals surface area (Å²) < 4.78 is 33.6. The van der Waals surface area contributed by atoms with Gasteiger partial charge in [-0.1, -0.05) is 24.3 Å². The van der Waals surface area contributed by atoms with Gasteiger partial charge in [-0.15, -0.1) is 0 Å². The number of benzene rings is 2. The molecule has 0 radical (unpaired) electrons. The molecule has 9 heteroatoms. The number of nitrogens with zero attached hydrogens (tertiary/aromatic N) is 1. The topological polar surface area (TPSA) is 84.9 Å². The van der Waals surface area contributed by atoms with E-state index in [1.165, 1.54) is 12.1 Å². The molecule has 1 heterocycles. The molecule has 2 aromatic carbocycles. The first-order valence-electron chi connectivity index (χ1n) is 10.2. The van der Waals surface area contributed by atoms with Crippen molar-refractivity contribution in [2.75, 3.05) is 19.7 Å². The van der Waals surface area contributed by atoms with Gasteiger partial charge in [0.1, 0.15) is 5.75 Å². The Morgan fingerprint density at radius 2 is 1.88 bits per heavy atom. The lowest BCUT2D eigenvalue weighted by Crippen LogP contribution is -2.30. The number of likely N-dealkylation sites (tertiary alicyclic amines) is 1. The molecule has 0 bridgehead atoms. The summed E-state index contributed by atoms with van der Waals surface area (Å²) in [5.74, 6) is -0.901. The maximum Gasteiger partial charge on any atom is 0.387 e. The summed E-state index contributed by atoms with van der Waals surface area (Å²) in [4.78, 5) is 37.7. The zero-order valence-electron chi connectivity index (χ0n) is 17.4. The highest BCUT2D eigenvalue weighted by atomic mass is 19.3. The summed E-state index contributed by atoms with van der Waals surface area (Å²) in [5, 5.41) is 2.64. The predicted octanol–water partition coefficient (Wildman–Crippen LogP) is 2.93. The van der Waals surface area contributed by atoms with Gasteiger partial charge >= 0.3 is 12.6 Å². The van der Waals surface area contributed by atoms with E-state index in [0.717, 1.165) is 17.5 Å². The molecular weight excluding hydrogens is 422 g/mol. The van der Waals surface area contributed by atoms with Gasteiger partial charge in [0.2, 0.25) is 5.91 Å². The van der Waals surface area contributed by atoms with Crippen molar-refractivity contribution < 1.29 is 32.6 Å². The molecule has 3 rings (SSSR count). The molecule has 2 amide bonds. The van der Waals surface area contributed by atoms with E-state index in [4.69, 9.17) is 4.74 Å². The molecule has 7 nitrogen and oxygen atoms in total. The minimum absolute atomic E-state index is 0.0656. The Kier molecular flexibility index (Phi) is 8.13. The number of hydrogen-bond acceptors (Lipinski definition) is 5. The van der Waals surface area contributed by atoms with Gasteiger partial charge in [-0.05, 0) is 48.2 Å². The first kappa shape index (κ1) is 23.2. The molecule has 1 aliphatic rings. The van der Waals surface area contributed by atoms with Crippen molar-refractivity contribution in [1.82, 2.24) is 10.2 Å². The van der Waals surface area contributed by atoms with Gasteiger partial charge in [-0.3, -0.25) is 9.59 Å². The van der Waals surface area contributed by atoms with Crippen LogP contribution >= 0.6 is 0 Å². The maximum atomic E-state index is 12.3. The number of rotatable bonds is 10.